The molecule has 1 atom stereocenters. The summed E-state index contributed by atoms with van der Waals surface area (Å²) in [5.41, 5.74) is 0.728. The van der Waals surface area contributed by atoms with E-state index in [2.05, 4.69) is 6.92 Å². The second-order valence-corrected chi connectivity index (χ2v) is 6.12. The number of allylic oxidation sites excluding steroid dienone is 1. The Morgan fingerprint density at radius 1 is 1.05 bits per heavy atom. The topological polar surface area (TPSA) is 29.5 Å². The van der Waals surface area contributed by atoms with Gasteiger partial charge < -0.3 is 4.74 Å². The first-order valence-electron chi connectivity index (χ1n) is 8.53. The van der Waals surface area contributed by atoms with Gasteiger partial charge in [-0.05, 0) is 40.8 Å². The van der Waals surface area contributed by atoms with Gasteiger partial charge in [-0.1, -0.05) is 57.9 Å². The molecule has 0 aromatic heterocycles. The van der Waals surface area contributed by atoms with Crippen LogP contribution in [0.25, 0.3) is 0 Å². The van der Waals surface area contributed by atoms with Crippen molar-refractivity contribution >= 4 is 5.97 Å². The molecule has 124 valence electrons. The largest absolute Gasteiger partial charge is 0.443 e. The van der Waals surface area contributed by atoms with Gasteiger partial charge in [0.1, 0.15) is 0 Å². The average Bonchev–Trinajstić information content (AvgIpc) is 2.44. The van der Waals surface area contributed by atoms with Crippen LogP contribution >= 0.6 is 0 Å². The zero-order valence-corrected chi connectivity index (χ0v) is 14.8. The van der Waals surface area contributed by atoms with Gasteiger partial charge >= 0.3 is 5.97 Å². The van der Waals surface area contributed by atoms with Gasteiger partial charge in [0.05, 0.1) is 0 Å². The molecule has 0 aliphatic heterocycles. The predicted molar refractivity (Wildman–Crippen MR) is 90.2 cm³/mol. The molecule has 0 aliphatic rings. The van der Waals surface area contributed by atoms with Crippen LogP contribution in [0.3, 0.4) is 0 Å². The van der Waals surface area contributed by atoms with E-state index in [1.807, 2.05) is 38.9 Å². The zero-order chi connectivity index (χ0) is 16.1. The monoisotopic (exact) mass is 297 g/mol. The van der Waals surface area contributed by atoms with Gasteiger partial charge in [-0.3, -0.25) is 4.90 Å². The van der Waals surface area contributed by atoms with Crippen LogP contribution in [0.15, 0.2) is 11.6 Å². The maximum Gasteiger partial charge on any atom is 0.334 e. The van der Waals surface area contributed by atoms with Crippen LogP contribution in [-0.2, 0) is 9.53 Å². The molecule has 0 heterocycles. The van der Waals surface area contributed by atoms with E-state index in [0.29, 0.717) is 0 Å². The van der Waals surface area contributed by atoms with E-state index in [0.717, 1.165) is 12.0 Å². The third-order valence-corrected chi connectivity index (χ3v) is 3.83. The minimum Gasteiger partial charge on any atom is -0.443 e. The van der Waals surface area contributed by atoms with Crippen molar-refractivity contribution in [3.05, 3.63) is 11.6 Å². The fourth-order valence-corrected chi connectivity index (χ4v) is 2.03. The minimum atomic E-state index is -0.198. The van der Waals surface area contributed by atoms with Gasteiger partial charge in [-0.25, -0.2) is 4.79 Å². The summed E-state index contributed by atoms with van der Waals surface area (Å²) in [5.74, 6) is -0.198. The van der Waals surface area contributed by atoms with Gasteiger partial charge in [0, 0.05) is 5.57 Å². The van der Waals surface area contributed by atoms with Gasteiger partial charge in [-0.15, -0.1) is 0 Å². The molecular formula is C18H35NO2. The maximum atomic E-state index is 11.8. The molecule has 0 saturated heterocycles. The fraction of sp³-hybridized carbons (Fsp3) is 0.833. The molecule has 3 heteroatoms. The molecule has 0 spiro atoms. The van der Waals surface area contributed by atoms with Crippen molar-refractivity contribution in [2.24, 2.45) is 0 Å². The zero-order valence-electron chi connectivity index (χ0n) is 14.8. The number of carbonyl (C=O) groups is 1. The van der Waals surface area contributed by atoms with Crippen LogP contribution < -0.4 is 0 Å². The lowest BCUT2D eigenvalue weighted by molar-refractivity contribution is -0.150. The van der Waals surface area contributed by atoms with E-state index >= 15 is 0 Å². The molecule has 0 aromatic rings. The first-order valence-corrected chi connectivity index (χ1v) is 8.53. The molecule has 0 aliphatic carbocycles. The molecule has 3 nitrogen and oxygen atoms in total. The number of esters is 1. The number of nitrogens with zero attached hydrogens (tertiary/aromatic N) is 1. The highest BCUT2D eigenvalue weighted by atomic mass is 16.6. The van der Waals surface area contributed by atoms with Crippen LogP contribution in [0.1, 0.15) is 78.6 Å². The highest BCUT2D eigenvalue weighted by Gasteiger charge is 2.12. The van der Waals surface area contributed by atoms with Gasteiger partial charge in [0.15, 0.2) is 6.23 Å². The number of unbranched alkanes of at least 4 members (excludes halogenated alkanes) is 8. The predicted octanol–water partition coefficient (Wildman–Crippen LogP) is 4.91. The summed E-state index contributed by atoms with van der Waals surface area (Å²) in [7, 11) is 3.80. The summed E-state index contributed by atoms with van der Waals surface area (Å²) in [5, 5.41) is 0. The average molecular weight is 297 g/mol. The number of hydrogen-bond acceptors (Lipinski definition) is 3. The van der Waals surface area contributed by atoms with E-state index in [1.54, 1.807) is 0 Å². The van der Waals surface area contributed by atoms with Crippen LogP contribution in [0, 0.1) is 0 Å². The number of hydrogen-bond donors (Lipinski definition) is 0. The summed E-state index contributed by atoms with van der Waals surface area (Å²) in [6.07, 6.45) is 13.4. The smallest absolute Gasteiger partial charge is 0.334 e. The number of rotatable bonds is 12. The lowest BCUT2D eigenvalue weighted by Gasteiger charge is -2.19. The van der Waals surface area contributed by atoms with Crippen LogP contribution in [-0.4, -0.2) is 31.2 Å². The van der Waals surface area contributed by atoms with Crippen LogP contribution in [0.2, 0.25) is 0 Å². The van der Waals surface area contributed by atoms with Crippen molar-refractivity contribution in [1.82, 2.24) is 4.90 Å². The highest BCUT2D eigenvalue weighted by molar-refractivity contribution is 5.87. The summed E-state index contributed by atoms with van der Waals surface area (Å²) < 4.78 is 5.33. The van der Waals surface area contributed by atoms with Gasteiger partial charge in [0.2, 0.25) is 0 Å². The molecule has 0 N–H and O–H groups in total. The summed E-state index contributed by atoms with van der Waals surface area (Å²) >= 11 is 0. The third kappa shape index (κ3) is 11.5. The lowest BCUT2D eigenvalue weighted by atomic mass is 10.1. The Balaban J connectivity index is 3.66. The van der Waals surface area contributed by atoms with Crippen molar-refractivity contribution in [1.29, 1.82) is 0 Å². The fourth-order valence-electron chi connectivity index (χ4n) is 2.03. The van der Waals surface area contributed by atoms with E-state index in [4.69, 9.17) is 4.74 Å². The molecule has 0 rings (SSSR count). The molecule has 21 heavy (non-hydrogen) atoms. The summed E-state index contributed by atoms with van der Waals surface area (Å²) in [4.78, 5) is 13.7. The van der Waals surface area contributed by atoms with Gasteiger partial charge in [-0.2, -0.15) is 0 Å². The van der Waals surface area contributed by atoms with Crippen molar-refractivity contribution in [3.63, 3.8) is 0 Å². The van der Waals surface area contributed by atoms with Crippen molar-refractivity contribution < 1.29 is 9.53 Å². The Morgan fingerprint density at radius 3 is 2.10 bits per heavy atom. The SMILES string of the molecule is CCCCCCCCCCC=C(C)C(=O)OC(C)N(C)C. The molecule has 0 amide bonds. The van der Waals surface area contributed by atoms with E-state index < -0.39 is 0 Å². The Morgan fingerprint density at radius 2 is 1.57 bits per heavy atom. The van der Waals surface area contributed by atoms with E-state index in [9.17, 15) is 4.79 Å². The lowest BCUT2D eigenvalue weighted by Crippen LogP contribution is -2.30. The second kappa shape index (κ2) is 12.9. The Hall–Kier alpha value is -0.830. The molecule has 0 saturated carbocycles. The number of carbonyl (C=O) groups excluding carboxylic acids is 1. The van der Waals surface area contributed by atoms with E-state index in [-0.39, 0.29) is 12.2 Å². The third-order valence-electron chi connectivity index (χ3n) is 3.83. The Kier molecular flexibility index (Phi) is 12.4. The second-order valence-electron chi connectivity index (χ2n) is 6.12. The van der Waals surface area contributed by atoms with E-state index in [1.165, 1.54) is 51.4 Å². The highest BCUT2D eigenvalue weighted by Crippen LogP contribution is 2.11. The molecular weight excluding hydrogens is 262 g/mol. The van der Waals surface area contributed by atoms with Crippen LogP contribution in [0.4, 0.5) is 0 Å². The summed E-state index contributed by atoms with van der Waals surface area (Å²) in [6, 6.07) is 0. The maximum absolute atomic E-state index is 11.8. The van der Waals surface area contributed by atoms with Crippen LogP contribution in [0.5, 0.6) is 0 Å². The first kappa shape index (κ1) is 20.2. The van der Waals surface area contributed by atoms with Gasteiger partial charge in [0.25, 0.3) is 0 Å². The van der Waals surface area contributed by atoms with Crippen molar-refractivity contribution in [2.75, 3.05) is 14.1 Å². The molecule has 0 bridgehead atoms. The minimum absolute atomic E-state index is 0.177. The van der Waals surface area contributed by atoms with Crippen molar-refractivity contribution in [2.45, 2.75) is 84.8 Å². The molecule has 1 unspecified atom stereocenters. The normalized spacial score (nSPS) is 13.5. The molecule has 0 fully saturated rings. The first-order chi connectivity index (χ1) is 9.99. The molecule has 0 radical (unpaired) electrons. The standard InChI is InChI=1S/C18H35NO2/c1-6-7-8-9-10-11-12-13-14-15-16(2)18(20)21-17(3)19(4)5/h15,17H,6-14H2,1-5H3. The summed E-state index contributed by atoms with van der Waals surface area (Å²) in [6.45, 7) is 5.97. The quantitative estimate of drug-likeness (QED) is 0.222. The Labute approximate surface area is 131 Å². The van der Waals surface area contributed by atoms with Crippen molar-refractivity contribution in [3.8, 4) is 0 Å². The number of ether oxygens (including phenoxy) is 1. The Bertz CT molecular complexity index is 298. The molecule has 0 aromatic carbocycles.